The Morgan fingerprint density at radius 2 is 2.25 bits per heavy atom. The monoisotopic (exact) mass is 231 g/mol. The summed E-state index contributed by atoms with van der Waals surface area (Å²) >= 11 is 1.86. The van der Waals surface area contributed by atoms with Crippen molar-refractivity contribution in [2.24, 2.45) is 0 Å². The Morgan fingerprint density at radius 1 is 1.31 bits per heavy atom. The van der Waals surface area contributed by atoms with Crippen LogP contribution in [0.4, 0.5) is 5.69 Å². The summed E-state index contributed by atoms with van der Waals surface area (Å²) in [7, 11) is 0. The van der Waals surface area contributed by atoms with Crippen LogP contribution in [-0.4, -0.2) is 12.5 Å². The molecule has 1 heterocycles. The van der Waals surface area contributed by atoms with Gasteiger partial charge in [-0.15, -0.1) is 11.8 Å². The molecule has 0 saturated heterocycles. The molecule has 0 unspecified atom stereocenters. The van der Waals surface area contributed by atoms with Gasteiger partial charge in [-0.2, -0.15) is 0 Å². The maximum atomic E-state index is 5.51. The second-order valence-corrected chi connectivity index (χ2v) is 4.71. The summed E-state index contributed by atoms with van der Waals surface area (Å²) in [5, 5.41) is 5.93. The van der Waals surface area contributed by atoms with Gasteiger partial charge in [0.2, 0.25) is 0 Å². The Kier molecular flexibility index (Phi) is 2.40. The average molecular weight is 231 g/mol. The van der Waals surface area contributed by atoms with Crippen LogP contribution in [0.15, 0.2) is 35.2 Å². The van der Waals surface area contributed by atoms with E-state index in [4.69, 9.17) is 4.74 Å². The van der Waals surface area contributed by atoms with E-state index in [1.807, 2.05) is 24.8 Å². The number of rotatable bonds is 2. The molecule has 0 aliphatic carbocycles. The molecule has 0 saturated carbocycles. The zero-order chi connectivity index (χ0) is 11.0. The van der Waals surface area contributed by atoms with E-state index in [0.717, 1.165) is 11.6 Å². The molecular formula is C13H13NOS. The Bertz CT molecular complexity index is 539. The van der Waals surface area contributed by atoms with E-state index in [9.17, 15) is 0 Å². The van der Waals surface area contributed by atoms with Crippen LogP contribution in [0.3, 0.4) is 0 Å². The molecule has 0 bridgehead atoms. The number of hydrogen-bond acceptors (Lipinski definition) is 3. The van der Waals surface area contributed by atoms with Crippen molar-refractivity contribution in [3.05, 3.63) is 30.3 Å². The van der Waals surface area contributed by atoms with Gasteiger partial charge in [-0.1, -0.05) is 6.07 Å². The lowest BCUT2D eigenvalue weighted by Crippen LogP contribution is -1.91. The molecule has 2 aromatic carbocycles. The van der Waals surface area contributed by atoms with Crippen molar-refractivity contribution in [3.8, 4) is 5.75 Å². The smallest absolute Gasteiger partial charge is 0.119 e. The van der Waals surface area contributed by atoms with Crippen LogP contribution in [0.5, 0.6) is 5.75 Å². The summed E-state index contributed by atoms with van der Waals surface area (Å²) in [6.07, 6.45) is 0. The quantitative estimate of drug-likeness (QED) is 0.851. The summed E-state index contributed by atoms with van der Waals surface area (Å²) < 4.78 is 5.51. The molecule has 16 heavy (non-hydrogen) atoms. The lowest BCUT2D eigenvalue weighted by molar-refractivity contribution is 0.340. The van der Waals surface area contributed by atoms with Crippen molar-refractivity contribution >= 4 is 28.2 Å². The Morgan fingerprint density at radius 3 is 3.12 bits per heavy atom. The third kappa shape index (κ3) is 1.52. The van der Waals surface area contributed by atoms with Crippen LogP contribution in [0.2, 0.25) is 0 Å². The zero-order valence-corrected chi connectivity index (χ0v) is 9.93. The van der Waals surface area contributed by atoms with E-state index in [0.29, 0.717) is 6.61 Å². The first-order chi connectivity index (χ1) is 7.88. The summed E-state index contributed by atoms with van der Waals surface area (Å²) in [4.78, 5) is 1.36. The molecular weight excluding hydrogens is 218 g/mol. The van der Waals surface area contributed by atoms with E-state index >= 15 is 0 Å². The fourth-order valence-electron chi connectivity index (χ4n) is 2.02. The second-order valence-electron chi connectivity index (χ2n) is 3.72. The first-order valence-corrected chi connectivity index (χ1v) is 6.43. The van der Waals surface area contributed by atoms with Crippen molar-refractivity contribution in [3.63, 3.8) is 0 Å². The number of ether oxygens (including phenoxy) is 1. The van der Waals surface area contributed by atoms with Crippen LogP contribution < -0.4 is 10.1 Å². The number of fused-ring (bicyclic) bond motifs is 3. The zero-order valence-electron chi connectivity index (χ0n) is 9.12. The highest BCUT2D eigenvalue weighted by Crippen LogP contribution is 2.40. The van der Waals surface area contributed by atoms with Crippen molar-refractivity contribution in [2.75, 3.05) is 17.8 Å². The standard InChI is InChI=1S/C13H13NOS/c1-2-15-10-4-5-11-9(7-10)3-6-12-13(11)16-8-14-12/h3-7,14H,2,8H2,1H3. The Balaban J connectivity index is 2.16. The normalized spacial score (nSPS) is 13.6. The minimum atomic E-state index is 0.715. The van der Waals surface area contributed by atoms with Gasteiger partial charge >= 0.3 is 0 Å². The third-order valence-corrected chi connectivity index (χ3v) is 3.75. The van der Waals surface area contributed by atoms with E-state index in [1.54, 1.807) is 0 Å². The summed E-state index contributed by atoms with van der Waals surface area (Å²) in [5.41, 5.74) is 1.25. The molecule has 1 N–H and O–H groups in total. The topological polar surface area (TPSA) is 21.3 Å². The highest BCUT2D eigenvalue weighted by molar-refractivity contribution is 8.00. The van der Waals surface area contributed by atoms with Crippen LogP contribution in [0.25, 0.3) is 10.8 Å². The van der Waals surface area contributed by atoms with E-state index in [2.05, 4.69) is 29.6 Å². The van der Waals surface area contributed by atoms with Gasteiger partial charge in [0.05, 0.1) is 12.5 Å². The van der Waals surface area contributed by atoms with E-state index in [-0.39, 0.29) is 0 Å². The summed E-state index contributed by atoms with van der Waals surface area (Å²) in [5.74, 6) is 1.92. The number of thioether (sulfide) groups is 1. The molecule has 3 heteroatoms. The molecule has 0 amide bonds. The van der Waals surface area contributed by atoms with Gasteiger partial charge in [-0.3, -0.25) is 0 Å². The van der Waals surface area contributed by atoms with Crippen LogP contribution >= 0.6 is 11.8 Å². The largest absolute Gasteiger partial charge is 0.494 e. The minimum Gasteiger partial charge on any atom is -0.494 e. The van der Waals surface area contributed by atoms with Gasteiger partial charge in [-0.05, 0) is 42.0 Å². The summed E-state index contributed by atoms with van der Waals surface area (Å²) in [6, 6.07) is 10.6. The molecule has 0 spiro atoms. The predicted octanol–water partition coefficient (Wildman–Crippen LogP) is 3.71. The van der Waals surface area contributed by atoms with Gasteiger partial charge in [0.1, 0.15) is 5.75 Å². The van der Waals surface area contributed by atoms with Gasteiger partial charge in [-0.25, -0.2) is 0 Å². The fourth-order valence-corrected chi connectivity index (χ4v) is 3.03. The van der Waals surface area contributed by atoms with Gasteiger partial charge in [0.15, 0.2) is 0 Å². The van der Waals surface area contributed by atoms with E-state index < -0.39 is 0 Å². The van der Waals surface area contributed by atoms with Gasteiger partial charge in [0.25, 0.3) is 0 Å². The number of nitrogens with one attached hydrogen (secondary N) is 1. The molecule has 0 fully saturated rings. The number of hydrogen-bond donors (Lipinski definition) is 1. The van der Waals surface area contributed by atoms with Crippen molar-refractivity contribution in [2.45, 2.75) is 11.8 Å². The molecule has 1 aliphatic heterocycles. The molecule has 0 radical (unpaired) electrons. The first kappa shape index (κ1) is 9.85. The van der Waals surface area contributed by atoms with Crippen LogP contribution in [0, 0.1) is 0 Å². The Hall–Kier alpha value is -1.35. The number of anilines is 1. The SMILES string of the molecule is CCOc1ccc2c3c(ccc2c1)NCS3. The highest BCUT2D eigenvalue weighted by Gasteiger charge is 2.13. The fraction of sp³-hybridized carbons (Fsp3) is 0.231. The van der Waals surface area contributed by atoms with Crippen molar-refractivity contribution in [1.29, 1.82) is 0 Å². The van der Waals surface area contributed by atoms with Crippen LogP contribution in [-0.2, 0) is 0 Å². The molecule has 0 atom stereocenters. The molecule has 82 valence electrons. The third-order valence-electron chi connectivity index (χ3n) is 2.73. The highest BCUT2D eigenvalue weighted by atomic mass is 32.2. The van der Waals surface area contributed by atoms with E-state index in [1.165, 1.54) is 21.4 Å². The molecule has 2 aromatic rings. The van der Waals surface area contributed by atoms with Crippen LogP contribution in [0.1, 0.15) is 6.92 Å². The van der Waals surface area contributed by atoms with Crippen molar-refractivity contribution < 1.29 is 4.74 Å². The van der Waals surface area contributed by atoms with Crippen molar-refractivity contribution in [1.82, 2.24) is 0 Å². The molecule has 3 rings (SSSR count). The lowest BCUT2D eigenvalue weighted by Gasteiger charge is -2.07. The maximum Gasteiger partial charge on any atom is 0.119 e. The molecule has 0 aromatic heterocycles. The lowest BCUT2D eigenvalue weighted by atomic mass is 10.1. The Labute approximate surface area is 99.0 Å². The minimum absolute atomic E-state index is 0.715. The van der Waals surface area contributed by atoms with Gasteiger partial charge in [0, 0.05) is 10.6 Å². The average Bonchev–Trinajstić information content (AvgIpc) is 2.77. The maximum absolute atomic E-state index is 5.51. The molecule has 2 nitrogen and oxygen atoms in total. The predicted molar refractivity (Wildman–Crippen MR) is 69.5 cm³/mol. The number of benzene rings is 2. The van der Waals surface area contributed by atoms with Gasteiger partial charge < -0.3 is 10.1 Å². The second kappa shape index (κ2) is 3.91. The first-order valence-electron chi connectivity index (χ1n) is 5.44. The summed E-state index contributed by atoms with van der Waals surface area (Å²) in [6.45, 7) is 2.72. The molecule has 1 aliphatic rings.